The summed E-state index contributed by atoms with van der Waals surface area (Å²) in [5.74, 6) is 3.84. The molecule has 12 heavy (non-hydrogen) atoms. The Bertz CT molecular complexity index is 142. The lowest BCUT2D eigenvalue weighted by Crippen LogP contribution is -2.32. The van der Waals surface area contributed by atoms with Crippen molar-refractivity contribution in [1.29, 1.82) is 0 Å². The van der Waals surface area contributed by atoms with Crippen molar-refractivity contribution < 1.29 is 0 Å². The maximum absolute atomic E-state index is 5.70. The number of hydrogen-bond acceptors (Lipinski definition) is 2. The van der Waals surface area contributed by atoms with Crippen LogP contribution in [0, 0.1) is 11.3 Å². The molecule has 1 saturated heterocycles. The highest BCUT2D eigenvalue weighted by Crippen LogP contribution is 2.53. The zero-order chi connectivity index (χ0) is 8.44. The van der Waals surface area contributed by atoms with Crippen molar-refractivity contribution in [2.45, 2.75) is 32.1 Å². The van der Waals surface area contributed by atoms with Crippen LogP contribution in [0.25, 0.3) is 0 Å². The molecule has 0 bridgehead atoms. The second-order valence-corrected chi connectivity index (χ2v) is 5.44. The SMILES string of the molecule is NCCC1(C2CC2)CCCSC1. The van der Waals surface area contributed by atoms with Crippen molar-refractivity contribution in [2.24, 2.45) is 17.1 Å². The van der Waals surface area contributed by atoms with Crippen LogP contribution in [0.1, 0.15) is 32.1 Å². The molecular formula is C10H19NS. The Labute approximate surface area is 79.5 Å². The van der Waals surface area contributed by atoms with Gasteiger partial charge in [-0.05, 0) is 61.5 Å². The van der Waals surface area contributed by atoms with Crippen molar-refractivity contribution in [3.8, 4) is 0 Å². The lowest BCUT2D eigenvalue weighted by Gasteiger charge is -2.37. The summed E-state index contributed by atoms with van der Waals surface area (Å²) < 4.78 is 0. The minimum Gasteiger partial charge on any atom is -0.330 e. The lowest BCUT2D eigenvalue weighted by molar-refractivity contribution is 0.232. The third-order valence-electron chi connectivity index (χ3n) is 3.44. The van der Waals surface area contributed by atoms with Gasteiger partial charge in [-0.3, -0.25) is 0 Å². The summed E-state index contributed by atoms with van der Waals surface area (Å²) >= 11 is 2.15. The Morgan fingerprint density at radius 3 is 2.75 bits per heavy atom. The standard InChI is InChI=1S/C10H19NS/c11-6-5-10(9-2-3-9)4-1-7-12-8-10/h9H,1-8,11H2. The van der Waals surface area contributed by atoms with E-state index in [1.54, 1.807) is 0 Å². The normalized spacial score (nSPS) is 36.8. The van der Waals surface area contributed by atoms with E-state index in [-0.39, 0.29) is 0 Å². The van der Waals surface area contributed by atoms with Gasteiger partial charge in [-0.1, -0.05) is 0 Å². The molecule has 1 aliphatic carbocycles. The number of nitrogens with two attached hydrogens (primary N) is 1. The smallest absolute Gasteiger partial charge is 0.000767 e. The van der Waals surface area contributed by atoms with E-state index in [9.17, 15) is 0 Å². The molecule has 1 atom stereocenters. The molecule has 0 aromatic carbocycles. The van der Waals surface area contributed by atoms with E-state index in [0.29, 0.717) is 5.41 Å². The zero-order valence-electron chi connectivity index (χ0n) is 7.72. The van der Waals surface area contributed by atoms with Gasteiger partial charge in [-0.2, -0.15) is 11.8 Å². The van der Waals surface area contributed by atoms with Crippen molar-refractivity contribution in [2.75, 3.05) is 18.1 Å². The van der Waals surface area contributed by atoms with Gasteiger partial charge < -0.3 is 5.73 Å². The maximum Gasteiger partial charge on any atom is -0.000767 e. The molecule has 1 heterocycles. The number of hydrogen-bond donors (Lipinski definition) is 1. The van der Waals surface area contributed by atoms with Crippen molar-refractivity contribution in [1.82, 2.24) is 0 Å². The van der Waals surface area contributed by atoms with Crippen LogP contribution in [0.15, 0.2) is 0 Å². The third kappa shape index (κ3) is 1.64. The maximum atomic E-state index is 5.70. The van der Waals surface area contributed by atoms with E-state index in [1.165, 1.54) is 43.6 Å². The second-order valence-electron chi connectivity index (χ2n) is 4.33. The summed E-state index contributed by atoms with van der Waals surface area (Å²) in [6.45, 7) is 0.900. The molecule has 0 aromatic heterocycles. The topological polar surface area (TPSA) is 26.0 Å². The Morgan fingerprint density at radius 1 is 1.42 bits per heavy atom. The van der Waals surface area contributed by atoms with Gasteiger partial charge in [-0.15, -0.1) is 0 Å². The van der Waals surface area contributed by atoms with Gasteiger partial charge in [0, 0.05) is 0 Å². The molecule has 1 saturated carbocycles. The summed E-state index contributed by atoms with van der Waals surface area (Å²) in [7, 11) is 0. The highest BCUT2D eigenvalue weighted by Gasteiger charge is 2.44. The molecule has 0 spiro atoms. The van der Waals surface area contributed by atoms with Gasteiger partial charge in [0.1, 0.15) is 0 Å². The first-order chi connectivity index (χ1) is 5.87. The summed E-state index contributed by atoms with van der Waals surface area (Å²) in [6, 6.07) is 0. The predicted octanol–water partition coefficient (Wildman–Crippen LogP) is 2.26. The molecule has 2 aliphatic rings. The molecule has 70 valence electrons. The van der Waals surface area contributed by atoms with Crippen molar-refractivity contribution in [3.05, 3.63) is 0 Å². The van der Waals surface area contributed by atoms with Gasteiger partial charge in [0.25, 0.3) is 0 Å². The predicted molar refractivity (Wildman–Crippen MR) is 55.4 cm³/mol. The minimum absolute atomic E-state index is 0.678. The molecule has 0 aromatic rings. The Hall–Kier alpha value is 0.310. The Kier molecular flexibility index (Phi) is 2.66. The van der Waals surface area contributed by atoms with Crippen LogP contribution in [0.4, 0.5) is 0 Å². The van der Waals surface area contributed by atoms with Gasteiger partial charge >= 0.3 is 0 Å². The Morgan fingerprint density at radius 2 is 2.25 bits per heavy atom. The fourth-order valence-corrected chi connectivity index (χ4v) is 4.00. The third-order valence-corrected chi connectivity index (χ3v) is 4.79. The Balaban J connectivity index is 1.98. The van der Waals surface area contributed by atoms with Gasteiger partial charge in [0.15, 0.2) is 0 Å². The molecular weight excluding hydrogens is 166 g/mol. The van der Waals surface area contributed by atoms with Crippen LogP contribution in [0.2, 0.25) is 0 Å². The molecule has 0 amide bonds. The van der Waals surface area contributed by atoms with E-state index in [0.717, 1.165) is 12.5 Å². The molecule has 2 heteroatoms. The second kappa shape index (κ2) is 3.59. The van der Waals surface area contributed by atoms with Crippen molar-refractivity contribution >= 4 is 11.8 Å². The average Bonchev–Trinajstić information content (AvgIpc) is 2.89. The summed E-state index contributed by atoms with van der Waals surface area (Å²) in [5, 5.41) is 0. The molecule has 1 nitrogen and oxygen atoms in total. The first-order valence-electron chi connectivity index (χ1n) is 5.15. The van der Waals surface area contributed by atoms with Gasteiger partial charge in [-0.25, -0.2) is 0 Å². The van der Waals surface area contributed by atoms with Crippen LogP contribution >= 0.6 is 11.8 Å². The number of rotatable bonds is 3. The van der Waals surface area contributed by atoms with Crippen LogP contribution in [-0.4, -0.2) is 18.1 Å². The number of thioether (sulfide) groups is 1. The molecule has 1 unspecified atom stereocenters. The van der Waals surface area contributed by atoms with Crippen molar-refractivity contribution in [3.63, 3.8) is 0 Å². The minimum atomic E-state index is 0.678. The largest absolute Gasteiger partial charge is 0.330 e. The summed E-state index contributed by atoms with van der Waals surface area (Å²) in [5.41, 5.74) is 6.38. The summed E-state index contributed by atoms with van der Waals surface area (Å²) in [4.78, 5) is 0. The first-order valence-corrected chi connectivity index (χ1v) is 6.31. The van der Waals surface area contributed by atoms with E-state index < -0.39 is 0 Å². The van der Waals surface area contributed by atoms with Crippen LogP contribution in [-0.2, 0) is 0 Å². The highest BCUT2D eigenvalue weighted by atomic mass is 32.2. The highest BCUT2D eigenvalue weighted by molar-refractivity contribution is 7.99. The van der Waals surface area contributed by atoms with Crippen LogP contribution in [0.5, 0.6) is 0 Å². The lowest BCUT2D eigenvalue weighted by atomic mass is 9.77. The van der Waals surface area contributed by atoms with Gasteiger partial charge in [0.2, 0.25) is 0 Å². The first kappa shape index (κ1) is 8.89. The van der Waals surface area contributed by atoms with E-state index >= 15 is 0 Å². The fraction of sp³-hybridized carbons (Fsp3) is 1.00. The van der Waals surface area contributed by atoms with E-state index in [4.69, 9.17) is 5.73 Å². The average molecular weight is 185 g/mol. The molecule has 2 N–H and O–H groups in total. The molecule has 2 fully saturated rings. The monoisotopic (exact) mass is 185 g/mol. The van der Waals surface area contributed by atoms with E-state index in [1.807, 2.05) is 0 Å². The van der Waals surface area contributed by atoms with E-state index in [2.05, 4.69) is 11.8 Å². The summed E-state index contributed by atoms with van der Waals surface area (Å²) in [6.07, 6.45) is 7.15. The van der Waals surface area contributed by atoms with Crippen LogP contribution in [0.3, 0.4) is 0 Å². The molecule has 0 radical (unpaired) electrons. The quantitative estimate of drug-likeness (QED) is 0.730. The molecule has 1 aliphatic heterocycles. The zero-order valence-corrected chi connectivity index (χ0v) is 8.54. The fourth-order valence-electron chi connectivity index (χ4n) is 2.58. The molecule has 2 rings (SSSR count). The van der Waals surface area contributed by atoms with Gasteiger partial charge in [0.05, 0.1) is 0 Å². The van der Waals surface area contributed by atoms with Crippen LogP contribution < -0.4 is 5.73 Å².